The second-order valence-electron chi connectivity index (χ2n) is 4.28. The molecule has 0 unspecified atom stereocenters. The molecule has 0 aliphatic heterocycles. The summed E-state index contributed by atoms with van der Waals surface area (Å²) in [7, 11) is 0. The fraction of sp³-hybridized carbons (Fsp3) is 0.286. The smallest absolute Gasteiger partial charge is 0.225 e. The summed E-state index contributed by atoms with van der Waals surface area (Å²) in [6.07, 6.45) is 3.15. The number of anilines is 1. The van der Waals surface area contributed by atoms with Gasteiger partial charge < -0.3 is 0 Å². The molecule has 0 aliphatic carbocycles. The number of thiazole rings is 2. The van der Waals surface area contributed by atoms with Crippen molar-refractivity contribution in [2.75, 3.05) is 11.4 Å². The Labute approximate surface area is 131 Å². The molecule has 0 saturated carbocycles. The number of carbonyl (C=O) groups excluding carboxylic acids is 2. The largest absolute Gasteiger partial charge is 0.289 e. The number of allylic oxidation sites excluding steroid dienone is 1. The number of carbonyl (C=O) groups is 2. The molecule has 0 aliphatic rings. The number of aryl methyl sites for hydroxylation is 1. The van der Waals surface area contributed by atoms with Gasteiger partial charge >= 0.3 is 0 Å². The fourth-order valence-corrected chi connectivity index (χ4v) is 3.37. The monoisotopic (exact) mass is 321 g/mol. The summed E-state index contributed by atoms with van der Waals surface area (Å²) in [5.41, 5.74) is 3.07. The lowest BCUT2D eigenvalue weighted by Crippen LogP contribution is -2.27. The maximum Gasteiger partial charge on any atom is 0.225 e. The molecule has 0 atom stereocenters. The van der Waals surface area contributed by atoms with Gasteiger partial charge in [0.25, 0.3) is 0 Å². The highest BCUT2D eigenvalue weighted by atomic mass is 32.1. The van der Waals surface area contributed by atoms with Gasteiger partial charge in [-0.2, -0.15) is 0 Å². The Kier molecular flexibility index (Phi) is 4.98. The van der Waals surface area contributed by atoms with E-state index in [9.17, 15) is 9.59 Å². The Bertz CT molecular complexity index is 688. The van der Waals surface area contributed by atoms with Crippen LogP contribution in [0.4, 0.5) is 5.13 Å². The SMILES string of the molecule is CCN(C(C)=O)c1nc(/C=C/C(=O)c2scnc2C)cs1. The number of rotatable bonds is 5. The van der Waals surface area contributed by atoms with Gasteiger partial charge in [-0.15, -0.1) is 22.7 Å². The van der Waals surface area contributed by atoms with Crippen molar-refractivity contribution in [2.45, 2.75) is 20.8 Å². The fourth-order valence-electron chi connectivity index (χ4n) is 1.74. The van der Waals surface area contributed by atoms with E-state index < -0.39 is 0 Å². The van der Waals surface area contributed by atoms with Gasteiger partial charge in [0.1, 0.15) is 0 Å². The summed E-state index contributed by atoms with van der Waals surface area (Å²) in [6, 6.07) is 0. The Morgan fingerprint density at radius 3 is 2.71 bits per heavy atom. The maximum absolute atomic E-state index is 12.0. The average molecular weight is 321 g/mol. The van der Waals surface area contributed by atoms with Crippen LogP contribution in [0.2, 0.25) is 0 Å². The van der Waals surface area contributed by atoms with Crippen molar-refractivity contribution in [1.29, 1.82) is 0 Å². The molecular weight excluding hydrogens is 306 g/mol. The summed E-state index contributed by atoms with van der Waals surface area (Å²) in [5.74, 6) is -0.123. The van der Waals surface area contributed by atoms with Gasteiger partial charge in [-0.05, 0) is 26.0 Å². The molecule has 0 radical (unpaired) electrons. The van der Waals surface area contributed by atoms with Crippen LogP contribution in [0, 0.1) is 6.92 Å². The first-order chi connectivity index (χ1) is 10.0. The van der Waals surface area contributed by atoms with Gasteiger partial charge in [0.15, 0.2) is 10.9 Å². The van der Waals surface area contributed by atoms with Crippen LogP contribution in [0.25, 0.3) is 6.08 Å². The van der Waals surface area contributed by atoms with Crippen LogP contribution in [0.5, 0.6) is 0 Å². The highest BCUT2D eigenvalue weighted by Gasteiger charge is 2.13. The highest BCUT2D eigenvalue weighted by molar-refractivity contribution is 7.14. The molecule has 21 heavy (non-hydrogen) atoms. The van der Waals surface area contributed by atoms with Crippen molar-refractivity contribution in [2.24, 2.45) is 0 Å². The standard InChI is InChI=1S/C14H15N3O2S2/c1-4-17(10(3)18)14-16-11(7-20-14)5-6-12(19)13-9(2)15-8-21-13/h5-8H,4H2,1-3H3/b6-5+. The molecule has 2 heterocycles. The Morgan fingerprint density at radius 2 is 2.14 bits per heavy atom. The first-order valence-electron chi connectivity index (χ1n) is 6.39. The lowest BCUT2D eigenvalue weighted by molar-refractivity contribution is -0.116. The van der Waals surface area contributed by atoms with E-state index in [1.165, 1.54) is 35.7 Å². The molecule has 0 N–H and O–H groups in total. The van der Waals surface area contributed by atoms with Crippen LogP contribution in [-0.2, 0) is 4.79 Å². The highest BCUT2D eigenvalue weighted by Crippen LogP contribution is 2.22. The molecule has 0 bridgehead atoms. The third-order valence-electron chi connectivity index (χ3n) is 2.81. The molecule has 0 saturated heterocycles. The average Bonchev–Trinajstić information content (AvgIpc) is 3.06. The third kappa shape index (κ3) is 3.62. The Hall–Kier alpha value is -1.86. The van der Waals surface area contributed by atoms with E-state index in [4.69, 9.17) is 0 Å². The van der Waals surface area contributed by atoms with Crippen LogP contribution < -0.4 is 4.90 Å². The lowest BCUT2D eigenvalue weighted by Gasteiger charge is -2.14. The minimum Gasteiger partial charge on any atom is -0.289 e. The zero-order chi connectivity index (χ0) is 15.4. The van der Waals surface area contributed by atoms with Gasteiger partial charge in [0, 0.05) is 18.8 Å². The summed E-state index contributed by atoms with van der Waals surface area (Å²) in [4.78, 5) is 34.1. The van der Waals surface area contributed by atoms with E-state index in [1.807, 2.05) is 19.2 Å². The van der Waals surface area contributed by atoms with Crippen molar-refractivity contribution in [1.82, 2.24) is 9.97 Å². The molecule has 0 spiro atoms. The van der Waals surface area contributed by atoms with E-state index in [0.717, 1.165) is 5.69 Å². The lowest BCUT2D eigenvalue weighted by atomic mass is 10.2. The number of amides is 1. The second-order valence-corrected chi connectivity index (χ2v) is 5.97. The molecule has 0 aromatic carbocycles. The molecule has 1 amide bonds. The van der Waals surface area contributed by atoms with Crippen LogP contribution in [0.3, 0.4) is 0 Å². The van der Waals surface area contributed by atoms with Gasteiger partial charge in [0.2, 0.25) is 5.91 Å². The van der Waals surface area contributed by atoms with Gasteiger partial charge in [-0.3, -0.25) is 14.5 Å². The summed E-state index contributed by atoms with van der Waals surface area (Å²) in [5, 5.41) is 2.47. The first-order valence-corrected chi connectivity index (χ1v) is 8.15. The number of ketones is 1. The zero-order valence-corrected chi connectivity index (χ0v) is 13.6. The van der Waals surface area contributed by atoms with Gasteiger partial charge in [-0.1, -0.05) is 0 Å². The predicted molar refractivity (Wildman–Crippen MR) is 86.0 cm³/mol. The molecule has 5 nitrogen and oxygen atoms in total. The van der Waals surface area contributed by atoms with Gasteiger partial charge in [-0.25, -0.2) is 9.97 Å². The normalized spacial score (nSPS) is 11.0. The number of nitrogens with zero attached hydrogens (tertiary/aromatic N) is 3. The summed E-state index contributed by atoms with van der Waals surface area (Å²) >= 11 is 2.71. The molecule has 2 rings (SSSR count). The van der Waals surface area contributed by atoms with Crippen molar-refractivity contribution in [3.8, 4) is 0 Å². The van der Waals surface area contributed by atoms with Crippen molar-refractivity contribution < 1.29 is 9.59 Å². The molecular formula is C14H15N3O2S2. The second kappa shape index (κ2) is 6.73. The van der Waals surface area contributed by atoms with Crippen LogP contribution >= 0.6 is 22.7 Å². The van der Waals surface area contributed by atoms with E-state index in [0.29, 0.717) is 22.2 Å². The number of hydrogen-bond donors (Lipinski definition) is 0. The van der Waals surface area contributed by atoms with Crippen LogP contribution in [0.15, 0.2) is 17.0 Å². The van der Waals surface area contributed by atoms with Gasteiger partial charge in [0.05, 0.1) is 21.8 Å². The van der Waals surface area contributed by atoms with E-state index >= 15 is 0 Å². The molecule has 110 valence electrons. The Morgan fingerprint density at radius 1 is 1.38 bits per heavy atom. The first kappa shape index (κ1) is 15.5. The Balaban J connectivity index is 2.12. The van der Waals surface area contributed by atoms with Crippen molar-refractivity contribution >= 4 is 45.6 Å². The molecule has 2 aromatic heterocycles. The van der Waals surface area contributed by atoms with E-state index in [-0.39, 0.29) is 11.7 Å². The maximum atomic E-state index is 12.0. The topological polar surface area (TPSA) is 63.2 Å². The van der Waals surface area contributed by atoms with Crippen LogP contribution in [0.1, 0.15) is 34.9 Å². The quantitative estimate of drug-likeness (QED) is 0.627. The zero-order valence-electron chi connectivity index (χ0n) is 12.0. The third-order valence-corrected chi connectivity index (χ3v) is 4.64. The predicted octanol–water partition coefficient (Wildman–Crippen LogP) is 3.18. The molecule has 0 fully saturated rings. The summed E-state index contributed by atoms with van der Waals surface area (Å²) in [6.45, 7) is 5.79. The molecule has 7 heteroatoms. The minimum atomic E-state index is -0.0801. The van der Waals surface area contributed by atoms with E-state index in [2.05, 4.69) is 9.97 Å². The summed E-state index contributed by atoms with van der Waals surface area (Å²) < 4.78 is 0. The minimum absolute atomic E-state index is 0.0428. The van der Waals surface area contributed by atoms with Crippen molar-refractivity contribution in [3.05, 3.63) is 33.2 Å². The van der Waals surface area contributed by atoms with Crippen LogP contribution in [-0.4, -0.2) is 28.2 Å². The van der Waals surface area contributed by atoms with Crippen molar-refractivity contribution in [3.63, 3.8) is 0 Å². The number of aromatic nitrogens is 2. The molecule has 2 aromatic rings. The number of hydrogen-bond acceptors (Lipinski definition) is 6. The van der Waals surface area contributed by atoms with E-state index in [1.54, 1.807) is 16.5 Å².